The highest BCUT2D eigenvalue weighted by Gasteiger charge is 2.30. The Bertz CT molecular complexity index is 498. The number of piperidine rings is 1. The second-order valence-corrected chi connectivity index (χ2v) is 6.48. The Morgan fingerprint density at radius 1 is 1.35 bits per heavy atom. The Morgan fingerprint density at radius 3 is 2.71 bits per heavy atom. The molecule has 1 heterocycles. The Hall–Kier alpha value is -1.07. The summed E-state index contributed by atoms with van der Waals surface area (Å²) in [5.74, 6) is 0.204. The van der Waals surface area contributed by atoms with E-state index in [2.05, 4.69) is 0 Å². The molecule has 4 nitrogen and oxygen atoms in total. The highest BCUT2D eigenvalue weighted by atomic mass is 32.2. The number of hydrogen-bond acceptors (Lipinski definition) is 3. The number of aromatic hydroxyl groups is 1. The minimum absolute atomic E-state index is 0.00843. The van der Waals surface area contributed by atoms with Gasteiger partial charge >= 0.3 is 0 Å². The number of phenols is 1. The van der Waals surface area contributed by atoms with Gasteiger partial charge in [-0.05, 0) is 30.9 Å². The van der Waals surface area contributed by atoms with Crippen molar-refractivity contribution in [3.8, 4) is 5.75 Å². The van der Waals surface area contributed by atoms with Crippen molar-refractivity contribution >= 4 is 10.0 Å². The van der Waals surface area contributed by atoms with Gasteiger partial charge in [0.05, 0.1) is 0 Å². The lowest BCUT2D eigenvalue weighted by molar-refractivity contribution is 0.280. The third-order valence-corrected chi connectivity index (χ3v) is 5.02. The molecule has 0 saturated carbocycles. The Kier molecular flexibility index (Phi) is 3.40. The Morgan fingerprint density at radius 2 is 2.06 bits per heavy atom. The van der Waals surface area contributed by atoms with Crippen LogP contribution in [0.4, 0.5) is 0 Å². The topological polar surface area (TPSA) is 57.6 Å². The minimum atomic E-state index is -3.54. The molecule has 0 bridgehead atoms. The van der Waals surface area contributed by atoms with Crippen molar-refractivity contribution < 1.29 is 13.5 Å². The predicted octanol–water partition coefficient (Wildman–Crippen LogP) is 1.81. The molecule has 1 saturated heterocycles. The summed E-state index contributed by atoms with van der Waals surface area (Å²) in [5.41, 5.74) is 0. The highest BCUT2D eigenvalue weighted by Crippen LogP contribution is 2.28. The number of para-hydroxylation sites is 1. The van der Waals surface area contributed by atoms with Gasteiger partial charge in [0.2, 0.25) is 10.0 Å². The Balaban J connectivity index is 2.33. The van der Waals surface area contributed by atoms with Gasteiger partial charge in [-0.3, -0.25) is 0 Å². The van der Waals surface area contributed by atoms with E-state index >= 15 is 0 Å². The van der Waals surface area contributed by atoms with Crippen LogP contribution in [0.5, 0.6) is 5.75 Å². The van der Waals surface area contributed by atoms with E-state index in [4.69, 9.17) is 0 Å². The highest BCUT2D eigenvalue weighted by molar-refractivity contribution is 7.89. The summed E-state index contributed by atoms with van der Waals surface area (Å²) in [6.07, 6.45) is 1.95. The zero-order valence-corrected chi connectivity index (χ0v) is 10.7. The molecule has 0 aliphatic carbocycles. The number of nitrogens with zero attached hydrogens (tertiary/aromatic N) is 1. The van der Waals surface area contributed by atoms with Crippen molar-refractivity contribution in [1.29, 1.82) is 0 Å². The van der Waals surface area contributed by atoms with Crippen LogP contribution in [0.25, 0.3) is 0 Å². The van der Waals surface area contributed by atoms with Crippen LogP contribution in [-0.2, 0) is 10.0 Å². The lowest BCUT2D eigenvalue weighted by Crippen LogP contribution is -2.39. The van der Waals surface area contributed by atoms with E-state index in [1.165, 1.54) is 16.4 Å². The number of benzene rings is 1. The maximum Gasteiger partial charge on any atom is 0.246 e. The van der Waals surface area contributed by atoms with Gasteiger partial charge in [0.15, 0.2) is 0 Å². The molecule has 0 radical (unpaired) electrons. The number of phenolic OH excluding ortho intramolecular Hbond substituents is 1. The van der Waals surface area contributed by atoms with Gasteiger partial charge in [-0.2, -0.15) is 4.31 Å². The lowest BCUT2D eigenvalue weighted by atomic mass is 10.0. The molecule has 94 valence electrons. The summed E-state index contributed by atoms with van der Waals surface area (Å²) in [6.45, 7) is 3.13. The molecule has 0 aromatic heterocycles. The molecule has 2 rings (SSSR count). The molecule has 0 amide bonds. The minimum Gasteiger partial charge on any atom is -0.507 e. The van der Waals surface area contributed by atoms with Gasteiger partial charge in [0.1, 0.15) is 10.6 Å². The van der Waals surface area contributed by atoms with Crippen molar-refractivity contribution in [1.82, 2.24) is 4.31 Å². The van der Waals surface area contributed by atoms with Crippen LogP contribution >= 0.6 is 0 Å². The SMILES string of the molecule is CC1CCCN(S(=O)(=O)c2ccccc2O)C1. The van der Waals surface area contributed by atoms with Crippen molar-refractivity contribution in [2.24, 2.45) is 5.92 Å². The van der Waals surface area contributed by atoms with Gasteiger partial charge < -0.3 is 5.11 Å². The fraction of sp³-hybridized carbons (Fsp3) is 0.500. The molecular formula is C12H17NO3S. The van der Waals surface area contributed by atoms with Crippen molar-refractivity contribution in [3.05, 3.63) is 24.3 Å². The molecule has 1 atom stereocenters. The van der Waals surface area contributed by atoms with E-state index < -0.39 is 10.0 Å². The molecule has 1 aromatic carbocycles. The summed E-state index contributed by atoms with van der Waals surface area (Å²) in [7, 11) is -3.54. The normalized spacial score (nSPS) is 22.5. The smallest absolute Gasteiger partial charge is 0.246 e. The van der Waals surface area contributed by atoms with Crippen LogP contribution in [0.3, 0.4) is 0 Å². The van der Waals surface area contributed by atoms with Crippen molar-refractivity contribution in [2.75, 3.05) is 13.1 Å². The van der Waals surface area contributed by atoms with Crippen LogP contribution in [0, 0.1) is 5.92 Å². The fourth-order valence-electron chi connectivity index (χ4n) is 2.18. The van der Waals surface area contributed by atoms with Crippen LogP contribution in [0.1, 0.15) is 19.8 Å². The molecule has 0 spiro atoms. The van der Waals surface area contributed by atoms with Gasteiger partial charge in [-0.15, -0.1) is 0 Å². The van der Waals surface area contributed by atoms with Gasteiger partial charge in [0.25, 0.3) is 0 Å². The molecule has 17 heavy (non-hydrogen) atoms. The molecule has 1 aliphatic rings. The average molecular weight is 255 g/mol. The molecule has 1 aromatic rings. The quantitative estimate of drug-likeness (QED) is 0.877. The predicted molar refractivity (Wildman–Crippen MR) is 65.3 cm³/mol. The van der Waals surface area contributed by atoms with E-state index in [9.17, 15) is 13.5 Å². The van der Waals surface area contributed by atoms with Crippen molar-refractivity contribution in [2.45, 2.75) is 24.7 Å². The average Bonchev–Trinajstić information content (AvgIpc) is 2.29. The molecule has 1 aliphatic heterocycles. The molecule has 5 heteroatoms. The van der Waals surface area contributed by atoms with Crippen LogP contribution in [0.2, 0.25) is 0 Å². The summed E-state index contributed by atoms with van der Waals surface area (Å²) in [6, 6.07) is 6.09. The van der Waals surface area contributed by atoms with Crippen LogP contribution in [0.15, 0.2) is 29.2 Å². The van der Waals surface area contributed by atoms with Crippen molar-refractivity contribution in [3.63, 3.8) is 0 Å². The maximum atomic E-state index is 12.3. The number of sulfonamides is 1. The third-order valence-electron chi connectivity index (χ3n) is 3.10. The summed E-state index contributed by atoms with van der Waals surface area (Å²) >= 11 is 0. The summed E-state index contributed by atoms with van der Waals surface area (Å²) in [4.78, 5) is 0.00843. The largest absolute Gasteiger partial charge is 0.507 e. The first kappa shape index (κ1) is 12.4. The van der Waals surface area contributed by atoms with E-state index in [-0.39, 0.29) is 10.6 Å². The van der Waals surface area contributed by atoms with Gasteiger partial charge in [-0.25, -0.2) is 8.42 Å². The lowest BCUT2D eigenvalue weighted by Gasteiger charge is -2.30. The summed E-state index contributed by atoms with van der Waals surface area (Å²) in [5, 5.41) is 9.64. The molecule has 1 unspecified atom stereocenters. The van der Waals surface area contributed by atoms with Gasteiger partial charge in [0, 0.05) is 13.1 Å². The Labute approximate surface area is 102 Å². The van der Waals surface area contributed by atoms with E-state index in [0.29, 0.717) is 19.0 Å². The first-order valence-electron chi connectivity index (χ1n) is 5.80. The summed E-state index contributed by atoms with van der Waals surface area (Å²) < 4.78 is 26.1. The van der Waals surface area contributed by atoms with Gasteiger partial charge in [-0.1, -0.05) is 19.1 Å². The second-order valence-electron chi connectivity index (χ2n) is 4.58. The monoisotopic (exact) mass is 255 g/mol. The number of rotatable bonds is 2. The standard InChI is InChI=1S/C12H17NO3S/c1-10-5-4-8-13(9-10)17(15,16)12-7-3-2-6-11(12)14/h2-3,6-7,10,14H,4-5,8-9H2,1H3. The first-order valence-corrected chi connectivity index (χ1v) is 7.24. The third kappa shape index (κ3) is 2.45. The zero-order valence-electron chi connectivity index (χ0n) is 9.83. The molecule has 1 N–H and O–H groups in total. The van der Waals surface area contributed by atoms with E-state index in [0.717, 1.165) is 12.8 Å². The number of hydrogen-bond donors (Lipinski definition) is 1. The maximum absolute atomic E-state index is 12.3. The second kappa shape index (κ2) is 4.66. The van der Waals surface area contributed by atoms with Crippen LogP contribution < -0.4 is 0 Å². The molecule has 1 fully saturated rings. The van der Waals surface area contributed by atoms with Crippen LogP contribution in [-0.4, -0.2) is 30.9 Å². The zero-order chi connectivity index (χ0) is 12.5. The molecular weight excluding hydrogens is 238 g/mol. The fourth-order valence-corrected chi connectivity index (χ4v) is 3.86. The first-order chi connectivity index (χ1) is 8.01. The van der Waals surface area contributed by atoms with E-state index in [1.807, 2.05) is 6.92 Å². The van der Waals surface area contributed by atoms with E-state index in [1.54, 1.807) is 12.1 Å².